The van der Waals surface area contributed by atoms with Gasteiger partial charge in [-0.25, -0.2) is 9.18 Å². The van der Waals surface area contributed by atoms with Gasteiger partial charge in [0.15, 0.2) is 0 Å². The molecule has 3 nitrogen and oxygen atoms in total. The largest absolute Gasteiger partial charge is 0.416 e. The van der Waals surface area contributed by atoms with Crippen LogP contribution in [0.5, 0.6) is 0 Å². The summed E-state index contributed by atoms with van der Waals surface area (Å²) in [5.74, 6) is -0.747. The molecule has 0 radical (unpaired) electrons. The number of likely N-dealkylation sites (tertiary alicyclic amines) is 1. The van der Waals surface area contributed by atoms with E-state index in [1.165, 1.54) is 0 Å². The van der Waals surface area contributed by atoms with Crippen molar-refractivity contribution in [3.05, 3.63) is 47.8 Å². The van der Waals surface area contributed by atoms with Crippen LogP contribution in [-0.2, 0) is 12.7 Å². The van der Waals surface area contributed by atoms with Crippen molar-refractivity contribution in [3.63, 3.8) is 0 Å². The molecule has 1 N–H and O–H groups in total. The Morgan fingerprint density at radius 2 is 2.14 bits per heavy atom. The molecule has 1 aromatic rings. The molecule has 1 atom stereocenters. The fourth-order valence-corrected chi connectivity index (χ4v) is 2.37. The van der Waals surface area contributed by atoms with Gasteiger partial charge in [-0.1, -0.05) is 6.08 Å². The number of hydrogen-bond acceptors (Lipinski definition) is 1. The highest BCUT2D eigenvalue weighted by atomic mass is 19.4. The van der Waals surface area contributed by atoms with E-state index >= 15 is 0 Å². The molecule has 1 aliphatic heterocycles. The molecule has 2 rings (SSSR count). The van der Waals surface area contributed by atoms with Gasteiger partial charge in [0.25, 0.3) is 0 Å². The molecule has 1 heterocycles. The molecule has 0 bridgehead atoms. The summed E-state index contributed by atoms with van der Waals surface area (Å²) in [6.45, 7) is 4.61. The van der Waals surface area contributed by atoms with Gasteiger partial charge in [-0.15, -0.1) is 6.58 Å². The van der Waals surface area contributed by atoms with Gasteiger partial charge in [0.2, 0.25) is 0 Å². The van der Waals surface area contributed by atoms with Crippen LogP contribution in [0.15, 0.2) is 30.9 Å². The smallest absolute Gasteiger partial charge is 0.334 e. The minimum absolute atomic E-state index is 0.0696. The molecule has 22 heavy (non-hydrogen) atoms. The average molecular weight is 316 g/mol. The minimum Gasteiger partial charge on any atom is -0.334 e. The Morgan fingerprint density at radius 1 is 1.41 bits per heavy atom. The van der Waals surface area contributed by atoms with E-state index in [4.69, 9.17) is 0 Å². The van der Waals surface area contributed by atoms with Crippen molar-refractivity contribution in [2.24, 2.45) is 5.92 Å². The molecule has 1 saturated heterocycles. The normalized spacial score (nSPS) is 18.4. The maximum absolute atomic E-state index is 13.2. The van der Waals surface area contributed by atoms with Crippen molar-refractivity contribution in [2.75, 3.05) is 13.1 Å². The van der Waals surface area contributed by atoms with E-state index < -0.39 is 17.6 Å². The number of hydrogen-bond donors (Lipinski definition) is 1. The quantitative estimate of drug-likeness (QED) is 0.671. The second kappa shape index (κ2) is 6.37. The van der Waals surface area contributed by atoms with Gasteiger partial charge in [0, 0.05) is 19.6 Å². The maximum Gasteiger partial charge on any atom is 0.416 e. The topological polar surface area (TPSA) is 32.3 Å². The highest BCUT2D eigenvalue weighted by Crippen LogP contribution is 2.30. The monoisotopic (exact) mass is 316 g/mol. The summed E-state index contributed by atoms with van der Waals surface area (Å²) in [7, 11) is 0. The van der Waals surface area contributed by atoms with Crippen molar-refractivity contribution >= 4 is 6.03 Å². The Balaban J connectivity index is 1.98. The highest BCUT2D eigenvalue weighted by Gasteiger charge is 2.31. The molecule has 1 aliphatic rings. The van der Waals surface area contributed by atoms with Crippen LogP contribution in [0.1, 0.15) is 17.5 Å². The molecule has 2 amide bonds. The fraction of sp³-hybridized carbons (Fsp3) is 0.400. The summed E-state index contributed by atoms with van der Waals surface area (Å²) >= 11 is 0. The number of rotatable bonds is 3. The van der Waals surface area contributed by atoms with Crippen LogP contribution in [-0.4, -0.2) is 24.0 Å². The third kappa shape index (κ3) is 3.99. The van der Waals surface area contributed by atoms with Crippen molar-refractivity contribution < 1.29 is 22.4 Å². The number of nitrogens with zero attached hydrogens (tertiary/aromatic N) is 1. The summed E-state index contributed by atoms with van der Waals surface area (Å²) in [6.07, 6.45) is -2.03. The fourth-order valence-electron chi connectivity index (χ4n) is 2.37. The van der Waals surface area contributed by atoms with Gasteiger partial charge in [-0.3, -0.25) is 0 Å². The van der Waals surface area contributed by atoms with E-state index in [1.807, 2.05) is 0 Å². The van der Waals surface area contributed by atoms with Gasteiger partial charge in [0.1, 0.15) is 5.82 Å². The molecule has 120 valence electrons. The number of nitrogens with one attached hydrogen (secondary N) is 1. The molecule has 1 aromatic carbocycles. The second-order valence-corrected chi connectivity index (χ2v) is 5.24. The lowest BCUT2D eigenvalue weighted by Crippen LogP contribution is -2.38. The molecule has 0 aliphatic carbocycles. The Labute approximate surface area is 125 Å². The van der Waals surface area contributed by atoms with Crippen LogP contribution in [0.4, 0.5) is 22.4 Å². The van der Waals surface area contributed by atoms with Gasteiger partial charge in [-0.05, 0) is 36.1 Å². The van der Waals surface area contributed by atoms with E-state index in [-0.39, 0.29) is 24.1 Å². The highest BCUT2D eigenvalue weighted by molar-refractivity contribution is 5.74. The Kier molecular flexibility index (Phi) is 4.73. The van der Waals surface area contributed by atoms with E-state index in [2.05, 4.69) is 11.9 Å². The lowest BCUT2D eigenvalue weighted by molar-refractivity contribution is -0.137. The number of halogens is 4. The molecular weight excluding hydrogens is 300 g/mol. The zero-order valence-electron chi connectivity index (χ0n) is 11.8. The molecule has 0 unspecified atom stereocenters. The Bertz CT molecular complexity index is 571. The zero-order valence-corrected chi connectivity index (χ0v) is 11.8. The van der Waals surface area contributed by atoms with Gasteiger partial charge < -0.3 is 10.2 Å². The van der Waals surface area contributed by atoms with Crippen LogP contribution in [0.3, 0.4) is 0 Å². The van der Waals surface area contributed by atoms with E-state index in [0.717, 1.165) is 18.6 Å². The van der Waals surface area contributed by atoms with E-state index in [1.54, 1.807) is 11.0 Å². The van der Waals surface area contributed by atoms with Crippen molar-refractivity contribution in [1.29, 1.82) is 0 Å². The SMILES string of the molecule is C=C[C@@H]1CCN(C(=O)NCc2cc(F)cc(C(F)(F)F)c2)C1. The zero-order chi connectivity index (χ0) is 16.3. The summed E-state index contributed by atoms with van der Waals surface area (Å²) in [5, 5.41) is 2.51. The van der Waals surface area contributed by atoms with E-state index in [9.17, 15) is 22.4 Å². The van der Waals surface area contributed by atoms with Crippen LogP contribution in [0.2, 0.25) is 0 Å². The molecule has 0 aromatic heterocycles. The Hall–Kier alpha value is -2.05. The lowest BCUT2D eigenvalue weighted by atomic mass is 10.1. The first kappa shape index (κ1) is 16.3. The van der Waals surface area contributed by atoms with E-state index in [0.29, 0.717) is 19.2 Å². The van der Waals surface area contributed by atoms with Gasteiger partial charge in [0.05, 0.1) is 5.56 Å². The predicted molar refractivity (Wildman–Crippen MR) is 73.5 cm³/mol. The standard InChI is InChI=1S/C15H16F4N2O/c1-2-10-3-4-21(9-10)14(22)20-8-11-5-12(15(17,18)19)7-13(16)6-11/h2,5-7,10H,1,3-4,8-9H2,(H,20,22)/t10-/m1/s1. The third-order valence-electron chi connectivity index (χ3n) is 3.57. The van der Waals surface area contributed by atoms with Crippen LogP contribution in [0.25, 0.3) is 0 Å². The first-order valence-electron chi connectivity index (χ1n) is 6.81. The predicted octanol–water partition coefficient (Wildman–Crippen LogP) is 3.56. The first-order chi connectivity index (χ1) is 10.3. The summed E-state index contributed by atoms with van der Waals surface area (Å²) in [5.41, 5.74) is -0.996. The average Bonchev–Trinajstić information content (AvgIpc) is 2.92. The number of amides is 2. The number of alkyl halides is 3. The molecular formula is C15H16F4N2O. The van der Waals surface area contributed by atoms with Gasteiger partial charge in [-0.2, -0.15) is 13.2 Å². The molecule has 1 fully saturated rings. The second-order valence-electron chi connectivity index (χ2n) is 5.24. The number of benzene rings is 1. The number of carbonyl (C=O) groups is 1. The number of urea groups is 1. The Morgan fingerprint density at radius 3 is 2.73 bits per heavy atom. The minimum atomic E-state index is -4.62. The van der Waals surface area contributed by atoms with Crippen molar-refractivity contribution in [1.82, 2.24) is 10.2 Å². The summed E-state index contributed by atoms with van der Waals surface area (Å²) in [4.78, 5) is 13.5. The van der Waals surface area contributed by atoms with Crippen molar-refractivity contribution in [2.45, 2.75) is 19.1 Å². The summed E-state index contributed by atoms with van der Waals surface area (Å²) in [6, 6.07) is 1.87. The van der Waals surface area contributed by atoms with Crippen LogP contribution >= 0.6 is 0 Å². The summed E-state index contributed by atoms with van der Waals surface area (Å²) < 4.78 is 51.1. The first-order valence-corrected chi connectivity index (χ1v) is 6.81. The lowest BCUT2D eigenvalue weighted by Gasteiger charge is -2.17. The molecule has 0 spiro atoms. The maximum atomic E-state index is 13.2. The van der Waals surface area contributed by atoms with Crippen molar-refractivity contribution in [3.8, 4) is 0 Å². The molecule has 7 heteroatoms. The van der Waals surface area contributed by atoms with Gasteiger partial charge >= 0.3 is 12.2 Å². The molecule has 0 saturated carbocycles. The third-order valence-corrected chi connectivity index (χ3v) is 3.57. The number of carbonyl (C=O) groups excluding carboxylic acids is 1. The van der Waals surface area contributed by atoms with Crippen LogP contribution < -0.4 is 5.32 Å². The van der Waals surface area contributed by atoms with Crippen LogP contribution in [0, 0.1) is 11.7 Å².